The standard InChI is InChI=1S/C15H30N4O2/c1-4-13(14(16)17-20)19-9-7-18(8-10-19)11-12-5-6-15(2,3)21-12/h12-13,20H,4-11H2,1-3H3,(H2,16,17). The minimum atomic E-state index is 0.0475. The van der Waals surface area contributed by atoms with Gasteiger partial charge in [-0.1, -0.05) is 12.1 Å². The van der Waals surface area contributed by atoms with Gasteiger partial charge in [-0.25, -0.2) is 0 Å². The highest BCUT2D eigenvalue weighted by molar-refractivity contribution is 5.85. The summed E-state index contributed by atoms with van der Waals surface area (Å²) in [6, 6.07) is 0.0545. The Hall–Kier alpha value is -0.850. The van der Waals surface area contributed by atoms with E-state index in [4.69, 9.17) is 15.7 Å². The molecule has 6 nitrogen and oxygen atoms in total. The number of nitrogens with zero attached hydrogens (tertiary/aromatic N) is 3. The van der Waals surface area contributed by atoms with E-state index in [1.165, 1.54) is 0 Å². The number of nitrogens with two attached hydrogens (primary N) is 1. The van der Waals surface area contributed by atoms with Crippen LogP contribution in [0.25, 0.3) is 0 Å². The highest BCUT2D eigenvalue weighted by Crippen LogP contribution is 2.29. The molecule has 0 aromatic heterocycles. The first kappa shape index (κ1) is 16.5. The molecule has 2 unspecified atom stereocenters. The molecule has 2 fully saturated rings. The topological polar surface area (TPSA) is 74.3 Å². The fourth-order valence-corrected chi connectivity index (χ4v) is 3.47. The molecule has 2 heterocycles. The largest absolute Gasteiger partial charge is 0.409 e. The number of oxime groups is 1. The monoisotopic (exact) mass is 298 g/mol. The van der Waals surface area contributed by atoms with E-state index in [9.17, 15) is 0 Å². The summed E-state index contributed by atoms with van der Waals surface area (Å²) >= 11 is 0. The Labute approximate surface area is 127 Å². The Morgan fingerprint density at radius 2 is 2.05 bits per heavy atom. The van der Waals surface area contributed by atoms with Crippen molar-refractivity contribution < 1.29 is 9.94 Å². The normalized spacial score (nSPS) is 29.7. The van der Waals surface area contributed by atoms with Gasteiger partial charge in [-0.15, -0.1) is 0 Å². The molecule has 0 radical (unpaired) electrons. The summed E-state index contributed by atoms with van der Waals surface area (Å²) in [7, 11) is 0. The van der Waals surface area contributed by atoms with Gasteiger partial charge in [-0.3, -0.25) is 9.80 Å². The quantitative estimate of drug-likeness (QED) is 0.344. The van der Waals surface area contributed by atoms with Crippen molar-refractivity contribution >= 4 is 5.84 Å². The van der Waals surface area contributed by atoms with Crippen LogP contribution in [0.4, 0.5) is 0 Å². The third kappa shape index (κ3) is 4.31. The molecule has 0 spiro atoms. The Morgan fingerprint density at radius 1 is 1.38 bits per heavy atom. The molecule has 2 atom stereocenters. The van der Waals surface area contributed by atoms with E-state index in [-0.39, 0.29) is 11.6 Å². The van der Waals surface area contributed by atoms with Crippen LogP contribution in [-0.2, 0) is 4.74 Å². The van der Waals surface area contributed by atoms with Gasteiger partial charge in [0, 0.05) is 32.7 Å². The molecule has 21 heavy (non-hydrogen) atoms. The summed E-state index contributed by atoms with van der Waals surface area (Å²) in [6.45, 7) is 11.4. The van der Waals surface area contributed by atoms with E-state index < -0.39 is 0 Å². The van der Waals surface area contributed by atoms with Gasteiger partial charge < -0.3 is 15.7 Å². The number of hydrogen-bond donors (Lipinski definition) is 2. The van der Waals surface area contributed by atoms with E-state index in [0.29, 0.717) is 11.9 Å². The molecule has 2 rings (SSSR count). The predicted molar refractivity (Wildman–Crippen MR) is 83.7 cm³/mol. The van der Waals surface area contributed by atoms with Crippen molar-refractivity contribution in [1.82, 2.24) is 9.80 Å². The third-order valence-corrected chi connectivity index (χ3v) is 4.71. The zero-order valence-corrected chi connectivity index (χ0v) is 13.6. The molecule has 6 heteroatoms. The third-order valence-electron chi connectivity index (χ3n) is 4.71. The first-order valence-electron chi connectivity index (χ1n) is 8.07. The highest BCUT2D eigenvalue weighted by atomic mass is 16.5. The van der Waals surface area contributed by atoms with Gasteiger partial charge in [-0.05, 0) is 33.1 Å². The van der Waals surface area contributed by atoms with Crippen LogP contribution in [0.5, 0.6) is 0 Å². The van der Waals surface area contributed by atoms with E-state index in [1.807, 2.05) is 0 Å². The zero-order chi connectivity index (χ0) is 15.5. The maximum Gasteiger partial charge on any atom is 0.156 e. The number of piperazine rings is 1. The van der Waals surface area contributed by atoms with Crippen LogP contribution in [-0.4, -0.2) is 71.3 Å². The Bertz CT molecular complexity index is 365. The van der Waals surface area contributed by atoms with E-state index >= 15 is 0 Å². The fourth-order valence-electron chi connectivity index (χ4n) is 3.47. The van der Waals surface area contributed by atoms with Crippen LogP contribution in [0.2, 0.25) is 0 Å². The molecule has 2 aliphatic rings. The molecular weight excluding hydrogens is 268 g/mol. The number of ether oxygens (including phenoxy) is 1. The number of amidine groups is 1. The van der Waals surface area contributed by atoms with Crippen molar-refractivity contribution in [3.05, 3.63) is 0 Å². The van der Waals surface area contributed by atoms with Gasteiger partial charge in [0.05, 0.1) is 17.7 Å². The van der Waals surface area contributed by atoms with Gasteiger partial charge in [0.1, 0.15) is 0 Å². The maximum atomic E-state index is 8.87. The molecule has 0 aliphatic carbocycles. The second-order valence-corrected chi connectivity index (χ2v) is 6.82. The summed E-state index contributed by atoms with van der Waals surface area (Å²) < 4.78 is 6.08. The Morgan fingerprint density at radius 3 is 2.52 bits per heavy atom. The molecule has 0 amide bonds. The van der Waals surface area contributed by atoms with E-state index in [2.05, 4.69) is 35.7 Å². The molecule has 0 aromatic carbocycles. The number of rotatable bonds is 5. The molecule has 3 N–H and O–H groups in total. The van der Waals surface area contributed by atoms with Crippen molar-refractivity contribution in [3.8, 4) is 0 Å². The highest BCUT2D eigenvalue weighted by Gasteiger charge is 2.33. The molecular formula is C15H30N4O2. The molecule has 0 aromatic rings. The lowest BCUT2D eigenvalue weighted by molar-refractivity contribution is -0.0342. The Kier molecular flexibility index (Phi) is 5.46. The minimum Gasteiger partial charge on any atom is -0.409 e. The fraction of sp³-hybridized carbons (Fsp3) is 0.933. The smallest absolute Gasteiger partial charge is 0.156 e. The van der Waals surface area contributed by atoms with E-state index in [0.717, 1.165) is 52.0 Å². The zero-order valence-electron chi connectivity index (χ0n) is 13.6. The molecule has 0 bridgehead atoms. The summed E-state index contributed by atoms with van der Waals surface area (Å²) in [5.41, 5.74) is 5.83. The molecule has 2 aliphatic heterocycles. The van der Waals surface area contributed by atoms with E-state index in [1.54, 1.807) is 0 Å². The van der Waals surface area contributed by atoms with Crippen molar-refractivity contribution in [1.29, 1.82) is 0 Å². The van der Waals surface area contributed by atoms with Gasteiger partial charge in [0.2, 0.25) is 0 Å². The van der Waals surface area contributed by atoms with Crippen LogP contribution in [0.1, 0.15) is 40.0 Å². The van der Waals surface area contributed by atoms with Crippen LogP contribution in [0.15, 0.2) is 5.16 Å². The Balaban J connectivity index is 1.78. The van der Waals surface area contributed by atoms with Crippen LogP contribution >= 0.6 is 0 Å². The van der Waals surface area contributed by atoms with Crippen molar-refractivity contribution in [2.45, 2.75) is 57.8 Å². The SMILES string of the molecule is CCC(C(N)=NO)N1CCN(CC2CCC(C)(C)O2)CC1. The summed E-state index contributed by atoms with van der Waals surface area (Å²) in [4.78, 5) is 4.78. The summed E-state index contributed by atoms with van der Waals surface area (Å²) in [5.74, 6) is 0.326. The lowest BCUT2D eigenvalue weighted by atomic mass is 10.1. The van der Waals surface area contributed by atoms with Crippen LogP contribution in [0, 0.1) is 0 Å². The second-order valence-electron chi connectivity index (χ2n) is 6.82. The molecule has 122 valence electrons. The van der Waals surface area contributed by atoms with Gasteiger partial charge in [0.15, 0.2) is 5.84 Å². The lowest BCUT2D eigenvalue weighted by Gasteiger charge is -2.39. The summed E-state index contributed by atoms with van der Waals surface area (Å²) in [6.07, 6.45) is 3.56. The average Bonchev–Trinajstić information content (AvgIpc) is 2.80. The average molecular weight is 298 g/mol. The van der Waals surface area contributed by atoms with Crippen LogP contribution in [0.3, 0.4) is 0 Å². The first-order valence-corrected chi connectivity index (χ1v) is 8.07. The number of hydrogen-bond acceptors (Lipinski definition) is 5. The predicted octanol–water partition coefficient (Wildman–Crippen LogP) is 1.09. The van der Waals surface area contributed by atoms with Crippen LogP contribution < -0.4 is 5.73 Å². The van der Waals surface area contributed by atoms with Crippen molar-refractivity contribution in [3.63, 3.8) is 0 Å². The van der Waals surface area contributed by atoms with Gasteiger partial charge in [0.25, 0.3) is 0 Å². The maximum absolute atomic E-state index is 8.87. The van der Waals surface area contributed by atoms with Gasteiger partial charge in [-0.2, -0.15) is 0 Å². The van der Waals surface area contributed by atoms with Crippen molar-refractivity contribution in [2.24, 2.45) is 10.9 Å². The van der Waals surface area contributed by atoms with Crippen molar-refractivity contribution in [2.75, 3.05) is 32.7 Å². The second kappa shape index (κ2) is 6.94. The van der Waals surface area contributed by atoms with Gasteiger partial charge >= 0.3 is 0 Å². The minimum absolute atomic E-state index is 0.0475. The summed E-state index contributed by atoms with van der Waals surface area (Å²) in [5, 5.41) is 12.0. The molecule has 2 saturated heterocycles. The molecule has 0 saturated carbocycles. The first-order chi connectivity index (χ1) is 9.95. The lowest BCUT2D eigenvalue weighted by Crippen LogP contribution is -2.54.